The van der Waals surface area contributed by atoms with Crippen LogP contribution in [0.2, 0.25) is 0 Å². The van der Waals surface area contributed by atoms with Crippen molar-refractivity contribution in [3.8, 4) is 0 Å². The number of aliphatic hydroxyl groups is 1. The average Bonchev–Trinajstić information content (AvgIpc) is 3.10. The molecular formula is C13H16N2O4S. The summed E-state index contributed by atoms with van der Waals surface area (Å²) < 4.78 is 10.4. The normalized spacial score (nSPS) is 12.3. The molecule has 6 nitrogen and oxygen atoms in total. The topological polar surface area (TPSA) is 84.6 Å². The first-order chi connectivity index (χ1) is 9.72. The molecule has 2 aromatic heterocycles. The number of aryl methyl sites for hydroxylation is 1. The van der Waals surface area contributed by atoms with Crippen LogP contribution >= 0.6 is 11.3 Å². The van der Waals surface area contributed by atoms with Gasteiger partial charge in [0.1, 0.15) is 17.4 Å². The highest BCUT2D eigenvalue weighted by Crippen LogP contribution is 2.22. The quantitative estimate of drug-likeness (QED) is 0.809. The highest BCUT2D eigenvalue weighted by Gasteiger charge is 2.17. The van der Waals surface area contributed by atoms with Crippen LogP contribution < -0.4 is 5.32 Å². The number of ether oxygens (including phenoxy) is 1. The highest BCUT2D eigenvalue weighted by molar-refractivity contribution is 7.10. The summed E-state index contributed by atoms with van der Waals surface area (Å²) in [5, 5.41) is 17.1. The van der Waals surface area contributed by atoms with Gasteiger partial charge in [-0.15, -0.1) is 11.3 Å². The molecule has 7 heteroatoms. The van der Waals surface area contributed by atoms with E-state index in [1.165, 1.54) is 6.20 Å². The van der Waals surface area contributed by atoms with Crippen LogP contribution in [-0.2, 0) is 4.74 Å². The summed E-state index contributed by atoms with van der Waals surface area (Å²) in [6, 6.07) is 3.85. The van der Waals surface area contributed by atoms with Crippen molar-refractivity contribution in [1.29, 1.82) is 0 Å². The number of hydrogen-bond acceptors (Lipinski definition) is 6. The Balaban J connectivity index is 1.95. The van der Waals surface area contributed by atoms with Crippen molar-refractivity contribution < 1.29 is 19.2 Å². The zero-order chi connectivity index (χ0) is 14.4. The van der Waals surface area contributed by atoms with Crippen molar-refractivity contribution in [1.82, 2.24) is 10.5 Å². The lowest BCUT2D eigenvalue weighted by Crippen LogP contribution is -2.29. The molecule has 2 N–H and O–H groups in total. The molecule has 0 radical (unpaired) electrons. The molecule has 108 valence electrons. The van der Waals surface area contributed by atoms with Gasteiger partial charge in [-0.2, -0.15) is 0 Å². The molecule has 2 heterocycles. The SMILES string of the molecule is Cc1oncc1C(=O)NCC(OCCO)c1cccs1. The average molecular weight is 296 g/mol. The van der Waals surface area contributed by atoms with Gasteiger partial charge >= 0.3 is 0 Å². The van der Waals surface area contributed by atoms with Crippen LogP contribution in [0.5, 0.6) is 0 Å². The maximum Gasteiger partial charge on any atom is 0.256 e. The van der Waals surface area contributed by atoms with Gasteiger partial charge in [0.15, 0.2) is 0 Å². The van der Waals surface area contributed by atoms with Crippen molar-refractivity contribution in [2.75, 3.05) is 19.8 Å². The highest BCUT2D eigenvalue weighted by atomic mass is 32.1. The Labute approximate surface area is 120 Å². The van der Waals surface area contributed by atoms with E-state index in [2.05, 4.69) is 10.5 Å². The predicted molar refractivity (Wildman–Crippen MR) is 73.7 cm³/mol. The molecule has 2 rings (SSSR count). The van der Waals surface area contributed by atoms with E-state index in [1.54, 1.807) is 18.3 Å². The molecule has 0 spiro atoms. The van der Waals surface area contributed by atoms with Gasteiger partial charge in [0.2, 0.25) is 0 Å². The fourth-order valence-electron chi connectivity index (χ4n) is 1.71. The molecule has 20 heavy (non-hydrogen) atoms. The standard InChI is InChI=1S/C13H16N2O4S/c1-9-10(7-15-19-9)13(17)14-8-11(18-5-4-16)12-3-2-6-20-12/h2-3,6-7,11,16H,4-5,8H2,1H3,(H,14,17). The fourth-order valence-corrected chi connectivity index (χ4v) is 2.48. The van der Waals surface area contributed by atoms with E-state index in [0.29, 0.717) is 17.9 Å². The molecule has 0 saturated heterocycles. The van der Waals surface area contributed by atoms with E-state index >= 15 is 0 Å². The molecule has 2 aromatic rings. The minimum absolute atomic E-state index is 0.0550. The van der Waals surface area contributed by atoms with E-state index in [9.17, 15) is 4.79 Å². The number of rotatable bonds is 7. The van der Waals surface area contributed by atoms with Crippen LogP contribution in [0, 0.1) is 6.92 Å². The molecule has 0 aromatic carbocycles. The second-order valence-corrected chi connectivity index (χ2v) is 5.08. The second kappa shape index (κ2) is 7.18. The van der Waals surface area contributed by atoms with Gasteiger partial charge in [-0.3, -0.25) is 4.79 Å². The van der Waals surface area contributed by atoms with Gasteiger partial charge in [-0.1, -0.05) is 11.2 Å². The smallest absolute Gasteiger partial charge is 0.256 e. The van der Waals surface area contributed by atoms with E-state index in [1.807, 2.05) is 17.5 Å². The zero-order valence-electron chi connectivity index (χ0n) is 11.0. The summed E-state index contributed by atoms with van der Waals surface area (Å²) in [7, 11) is 0. The van der Waals surface area contributed by atoms with Gasteiger partial charge in [0.25, 0.3) is 5.91 Å². The van der Waals surface area contributed by atoms with Crippen LogP contribution in [0.1, 0.15) is 27.1 Å². The summed E-state index contributed by atoms with van der Waals surface area (Å²) in [6.07, 6.45) is 1.12. The van der Waals surface area contributed by atoms with Gasteiger partial charge < -0.3 is 19.7 Å². The molecule has 0 saturated carbocycles. The number of nitrogens with zero attached hydrogens (tertiary/aromatic N) is 1. The Morgan fingerprint density at radius 2 is 2.50 bits per heavy atom. The van der Waals surface area contributed by atoms with Crippen LogP contribution in [0.4, 0.5) is 0 Å². The van der Waals surface area contributed by atoms with Crippen LogP contribution in [-0.4, -0.2) is 35.9 Å². The zero-order valence-corrected chi connectivity index (χ0v) is 11.9. The van der Waals surface area contributed by atoms with Gasteiger partial charge in [-0.05, 0) is 18.4 Å². The first-order valence-corrected chi connectivity index (χ1v) is 7.05. The van der Waals surface area contributed by atoms with Gasteiger partial charge in [0, 0.05) is 11.4 Å². The molecule has 0 aliphatic rings. The minimum Gasteiger partial charge on any atom is -0.394 e. The van der Waals surface area contributed by atoms with Crippen LogP contribution in [0.15, 0.2) is 28.2 Å². The number of nitrogens with one attached hydrogen (secondary N) is 1. The first-order valence-electron chi connectivity index (χ1n) is 6.17. The third-order valence-corrected chi connectivity index (χ3v) is 3.68. The minimum atomic E-state index is -0.272. The maximum absolute atomic E-state index is 12.0. The summed E-state index contributed by atoms with van der Waals surface area (Å²) in [6.45, 7) is 2.18. The second-order valence-electron chi connectivity index (χ2n) is 4.10. The molecule has 0 fully saturated rings. The van der Waals surface area contributed by atoms with Crippen molar-refractivity contribution in [3.63, 3.8) is 0 Å². The van der Waals surface area contributed by atoms with Gasteiger partial charge in [0.05, 0.1) is 19.4 Å². The van der Waals surface area contributed by atoms with Crippen molar-refractivity contribution >= 4 is 17.2 Å². The maximum atomic E-state index is 12.0. The Morgan fingerprint density at radius 3 is 3.10 bits per heavy atom. The number of aromatic nitrogens is 1. The summed E-state index contributed by atoms with van der Waals surface area (Å²) in [4.78, 5) is 13.0. The van der Waals surface area contributed by atoms with Crippen LogP contribution in [0.25, 0.3) is 0 Å². The third kappa shape index (κ3) is 3.66. The van der Waals surface area contributed by atoms with E-state index in [4.69, 9.17) is 14.4 Å². The third-order valence-electron chi connectivity index (χ3n) is 2.71. The summed E-state index contributed by atoms with van der Waals surface area (Å²) in [5.74, 6) is 0.226. The Kier molecular flexibility index (Phi) is 5.28. The molecule has 0 aliphatic carbocycles. The molecule has 1 unspecified atom stereocenters. The van der Waals surface area contributed by atoms with Crippen molar-refractivity contribution in [2.45, 2.75) is 13.0 Å². The number of thiophene rings is 1. The van der Waals surface area contributed by atoms with Crippen molar-refractivity contribution in [2.24, 2.45) is 0 Å². The molecule has 1 amide bonds. The number of hydrogen-bond donors (Lipinski definition) is 2. The van der Waals surface area contributed by atoms with E-state index in [-0.39, 0.29) is 25.2 Å². The number of carbonyl (C=O) groups excluding carboxylic acids is 1. The molecule has 0 aliphatic heterocycles. The predicted octanol–water partition coefficient (Wildman–Crippen LogP) is 1.52. The monoisotopic (exact) mass is 296 g/mol. The van der Waals surface area contributed by atoms with Gasteiger partial charge in [-0.25, -0.2) is 0 Å². The van der Waals surface area contributed by atoms with E-state index in [0.717, 1.165) is 4.88 Å². The largest absolute Gasteiger partial charge is 0.394 e. The van der Waals surface area contributed by atoms with Crippen LogP contribution in [0.3, 0.4) is 0 Å². The Morgan fingerprint density at radius 1 is 1.65 bits per heavy atom. The molecule has 1 atom stereocenters. The lowest BCUT2D eigenvalue weighted by atomic mass is 10.2. The number of amides is 1. The van der Waals surface area contributed by atoms with Crippen molar-refractivity contribution in [3.05, 3.63) is 39.9 Å². The summed E-state index contributed by atoms with van der Waals surface area (Å²) in [5.41, 5.74) is 0.414. The Bertz CT molecular complexity index is 538. The lowest BCUT2D eigenvalue weighted by molar-refractivity contribution is 0.0296. The Hall–Kier alpha value is -1.70. The molecule has 0 bridgehead atoms. The fraction of sp³-hybridized carbons (Fsp3) is 0.385. The lowest BCUT2D eigenvalue weighted by Gasteiger charge is -2.16. The first kappa shape index (κ1) is 14.7. The van der Waals surface area contributed by atoms with E-state index < -0.39 is 0 Å². The number of carbonyl (C=O) groups is 1. The number of aliphatic hydroxyl groups excluding tert-OH is 1. The molecular weight excluding hydrogens is 280 g/mol. The summed E-state index contributed by atoms with van der Waals surface area (Å²) >= 11 is 1.54.